The largest absolute Gasteiger partial charge is 0.497 e. The molecule has 0 amide bonds. The van der Waals surface area contributed by atoms with Crippen molar-refractivity contribution >= 4 is 11.9 Å². The lowest BCUT2D eigenvalue weighted by Crippen LogP contribution is -2.28. The molecule has 0 saturated carbocycles. The summed E-state index contributed by atoms with van der Waals surface area (Å²) in [6.07, 6.45) is 3.45. The molecule has 2 rings (SSSR count). The number of ketones is 1. The van der Waals surface area contributed by atoms with Gasteiger partial charge in [0, 0.05) is 25.2 Å². The highest BCUT2D eigenvalue weighted by atomic mass is 16.5. The Morgan fingerprint density at radius 2 is 1.77 bits per heavy atom. The van der Waals surface area contributed by atoms with E-state index in [0.29, 0.717) is 5.56 Å². The fourth-order valence-electron chi connectivity index (χ4n) is 2.57. The number of hydrogen-bond acceptors (Lipinski definition) is 4. The number of allylic oxidation sites excluding steroid dienone is 1. The second-order valence-corrected chi connectivity index (χ2v) is 6.71. The Morgan fingerprint density at radius 1 is 1.04 bits per heavy atom. The molecule has 0 unspecified atom stereocenters. The molecule has 4 nitrogen and oxygen atoms in total. The van der Waals surface area contributed by atoms with Crippen LogP contribution in [0, 0.1) is 0 Å². The quantitative estimate of drug-likeness (QED) is 0.510. The summed E-state index contributed by atoms with van der Waals surface area (Å²) in [5.41, 5.74) is 2.84. The van der Waals surface area contributed by atoms with Gasteiger partial charge >= 0.3 is 0 Å². The zero-order valence-corrected chi connectivity index (χ0v) is 16.1. The third kappa shape index (κ3) is 6.47. The average molecular weight is 352 g/mol. The number of rotatable bonds is 9. The van der Waals surface area contributed by atoms with Crippen molar-refractivity contribution in [1.29, 1.82) is 0 Å². The molecular weight excluding hydrogens is 324 g/mol. The van der Waals surface area contributed by atoms with Gasteiger partial charge in [0.25, 0.3) is 0 Å². The Morgan fingerprint density at radius 3 is 2.42 bits per heavy atom. The highest BCUT2D eigenvalue weighted by molar-refractivity contribution is 6.06. The first kappa shape index (κ1) is 19.9. The Kier molecular flexibility index (Phi) is 7.57. The van der Waals surface area contributed by atoms with Crippen LogP contribution in [-0.2, 0) is 6.54 Å². The fourth-order valence-corrected chi connectivity index (χ4v) is 2.57. The van der Waals surface area contributed by atoms with Crippen molar-refractivity contribution < 1.29 is 9.53 Å². The van der Waals surface area contributed by atoms with E-state index in [2.05, 4.69) is 37.0 Å². The number of methoxy groups -OCH3 is 1. The minimum atomic E-state index is 0.0126. The first-order valence-corrected chi connectivity index (χ1v) is 8.76. The van der Waals surface area contributed by atoms with Gasteiger partial charge in [0.05, 0.1) is 7.11 Å². The van der Waals surface area contributed by atoms with E-state index in [4.69, 9.17) is 4.74 Å². The topological polar surface area (TPSA) is 32.8 Å². The van der Waals surface area contributed by atoms with Crippen LogP contribution in [0.1, 0.15) is 21.5 Å². The molecule has 0 spiro atoms. The van der Waals surface area contributed by atoms with Crippen molar-refractivity contribution in [1.82, 2.24) is 9.80 Å². The number of ether oxygens (including phenoxy) is 1. The molecule has 4 heteroatoms. The molecule has 26 heavy (non-hydrogen) atoms. The molecule has 0 fully saturated rings. The molecule has 138 valence electrons. The molecule has 0 saturated heterocycles. The minimum absolute atomic E-state index is 0.0126. The predicted molar refractivity (Wildman–Crippen MR) is 108 cm³/mol. The van der Waals surface area contributed by atoms with Crippen molar-refractivity contribution in [3.05, 3.63) is 71.3 Å². The molecule has 0 N–H and O–H groups in total. The van der Waals surface area contributed by atoms with E-state index in [9.17, 15) is 4.79 Å². The molecule has 2 aromatic carbocycles. The van der Waals surface area contributed by atoms with E-state index in [-0.39, 0.29) is 5.78 Å². The normalized spacial score (nSPS) is 11.5. The van der Waals surface area contributed by atoms with Gasteiger partial charge in [0.1, 0.15) is 5.75 Å². The predicted octanol–water partition coefficient (Wildman–Crippen LogP) is 3.58. The molecule has 0 aliphatic heterocycles. The number of nitrogens with zero attached hydrogens (tertiary/aromatic N) is 2. The Hall–Kier alpha value is -2.43. The molecule has 2 aromatic rings. The average Bonchev–Trinajstić information content (AvgIpc) is 2.65. The van der Waals surface area contributed by atoms with Gasteiger partial charge in [-0.15, -0.1) is 0 Å². The van der Waals surface area contributed by atoms with Crippen LogP contribution in [-0.4, -0.2) is 56.9 Å². The van der Waals surface area contributed by atoms with Gasteiger partial charge in [-0.05, 0) is 56.5 Å². The third-order valence-electron chi connectivity index (χ3n) is 4.14. The zero-order valence-electron chi connectivity index (χ0n) is 16.1. The second-order valence-electron chi connectivity index (χ2n) is 6.71. The van der Waals surface area contributed by atoms with Gasteiger partial charge in [-0.2, -0.15) is 0 Å². The molecule has 0 heterocycles. The minimum Gasteiger partial charge on any atom is -0.497 e. The number of hydrogen-bond donors (Lipinski definition) is 0. The summed E-state index contributed by atoms with van der Waals surface area (Å²) in [6, 6.07) is 15.5. The Labute approximate surface area is 156 Å². The van der Waals surface area contributed by atoms with Gasteiger partial charge in [-0.1, -0.05) is 36.4 Å². The van der Waals surface area contributed by atoms with Crippen LogP contribution in [0.25, 0.3) is 6.08 Å². The lowest BCUT2D eigenvalue weighted by Gasteiger charge is -2.19. The van der Waals surface area contributed by atoms with Crippen molar-refractivity contribution in [2.45, 2.75) is 6.54 Å². The molecule has 0 aromatic heterocycles. The molecule has 0 atom stereocenters. The highest BCUT2D eigenvalue weighted by Crippen LogP contribution is 2.14. The van der Waals surface area contributed by atoms with Crippen molar-refractivity contribution in [3.8, 4) is 5.75 Å². The molecule has 0 aliphatic carbocycles. The monoisotopic (exact) mass is 352 g/mol. The summed E-state index contributed by atoms with van der Waals surface area (Å²) in [4.78, 5) is 16.9. The maximum Gasteiger partial charge on any atom is 0.185 e. The van der Waals surface area contributed by atoms with Gasteiger partial charge in [0.15, 0.2) is 5.78 Å². The summed E-state index contributed by atoms with van der Waals surface area (Å²) in [7, 11) is 7.88. The maximum atomic E-state index is 12.5. The number of likely N-dealkylation sites (N-methyl/N-ethyl adjacent to an activating group) is 2. The van der Waals surface area contributed by atoms with E-state index >= 15 is 0 Å². The molecule has 0 bridgehead atoms. The van der Waals surface area contributed by atoms with Crippen molar-refractivity contribution in [2.24, 2.45) is 0 Å². The Balaban J connectivity index is 1.99. The zero-order chi connectivity index (χ0) is 18.9. The number of benzene rings is 2. The summed E-state index contributed by atoms with van der Waals surface area (Å²) in [5, 5.41) is 0. The van der Waals surface area contributed by atoms with E-state index in [0.717, 1.165) is 36.5 Å². The molecule has 0 aliphatic rings. The van der Waals surface area contributed by atoms with Crippen LogP contribution in [0.4, 0.5) is 0 Å². The van der Waals surface area contributed by atoms with Crippen LogP contribution in [0.2, 0.25) is 0 Å². The van der Waals surface area contributed by atoms with E-state index in [1.807, 2.05) is 48.5 Å². The Bertz CT molecular complexity index is 736. The van der Waals surface area contributed by atoms with Gasteiger partial charge in [-0.3, -0.25) is 4.79 Å². The summed E-state index contributed by atoms with van der Waals surface area (Å²) in [6.45, 7) is 2.83. The van der Waals surface area contributed by atoms with E-state index in [1.165, 1.54) is 0 Å². The summed E-state index contributed by atoms with van der Waals surface area (Å²) < 4.78 is 5.14. The number of carbonyl (C=O) groups is 1. The third-order valence-corrected chi connectivity index (χ3v) is 4.14. The van der Waals surface area contributed by atoms with Crippen LogP contribution in [0.5, 0.6) is 5.75 Å². The van der Waals surface area contributed by atoms with Crippen LogP contribution >= 0.6 is 0 Å². The smallest absolute Gasteiger partial charge is 0.185 e. The number of carbonyl (C=O) groups excluding carboxylic acids is 1. The van der Waals surface area contributed by atoms with Crippen LogP contribution < -0.4 is 4.74 Å². The van der Waals surface area contributed by atoms with Crippen molar-refractivity contribution in [2.75, 3.05) is 41.3 Å². The van der Waals surface area contributed by atoms with Gasteiger partial charge in [0.2, 0.25) is 0 Å². The van der Waals surface area contributed by atoms with Gasteiger partial charge < -0.3 is 14.5 Å². The summed E-state index contributed by atoms with van der Waals surface area (Å²) >= 11 is 0. The fraction of sp³-hybridized carbons (Fsp3) is 0.318. The lowest BCUT2D eigenvalue weighted by atomic mass is 10.1. The van der Waals surface area contributed by atoms with E-state index in [1.54, 1.807) is 13.2 Å². The second kappa shape index (κ2) is 9.90. The first-order valence-electron chi connectivity index (χ1n) is 8.76. The molecule has 0 radical (unpaired) electrons. The first-order chi connectivity index (χ1) is 12.5. The maximum absolute atomic E-state index is 12.5. The van der Waals surface area contributed by atoms with E-state index < -0.39 is 0 Å². The van der Waals surface area contributed by atoms with Crippen LogP contribution in [0.15, 0.2) is 54.6 Å². The highest BCUT2D eigenvalue weighted by Gasteiger charge is 2.06. The summed E-state index contributed by atoms with van der Waals surface area (Å²) in [5.74, 6) is 0.818. The SMILES string of the molecule is COc1ccc(C=CC(=O)c2cccc(CN(C)CCN(C)C)c2)cc1. The van der Waals surface area contributed by atoms with Gasteiger partial charge in [-0.25, -0.2) is 0 Å². The standard InChI is InChI=1S/C22H28N2O2/c1-23(2)14-15-24(3)17-19-6-5-7-20(16-19)22(25)13-10-18-8-11-21(26-4)12-9-18/h5-13,16H,14-15,17H2,1-4H3. The van der Waals surface area contributed by atoms with Crippen molar-refractivity contribution in [3.63, 3.8) is 0 Å². The molecular formula is C22H28N2O2. The lowest BCUT2D eigenvalue weighted by molar-refractivity contribution is 0.104. The van der Waals surface area contributed by atoms with Crippen LogP contribution in [0.3, 0.4) is 0 Å².